The molecule has 1 fully saturated rings. The van der Waals surface area contributed by atoms with Crippen molar-refractivity contribution in [3.8, 4) is 0 Å². The Morgan fingerprint density at radius 1 is 0.786 bits per heavy atom. The molecule has 0 saturated heterocycles. The van der Waals surface area contributed by atoms with Gasteiger partial charge in [-0.15, -0.1) is 0 Å². The molecule has 0 amide bonds. The van der Waals surface area contributed by atoms with Gasteiger partial charge >= 0.3 is 12.4 Å². The van der Waals surface area contributed by atoms with Crippen LogP contribution < -0.4 is 0 Å². The van der Waals surface area contributed by atoms with Crippen molar-refractivity contribution in [2.45, 2.75) is 66.0 Å². The first-order valence-electron chi connectivity index (χ1n) is 12.5. The van der Waals surface area contributed by atoms with Gasteiger partial charge in [0.15, 0.2) is 9.84 Å². The molecule has 42 heavy (non-hydrogen) atoms. The van der Waals surface area contributed by atoms with Gasteiger partial charge in [-0.05, 0) is 67.6 Å². The molecular formula is C28H23F9O4S. The molecule has 1 saturated carbocycles. The fourth-order valence-corrected chi connectivity index (χ4v) is 7.38. The maximum absolute atomic E-state index is 14.3. The van der Waals surface area contributed by atoms with Crippen LogP contribution in [0.5, 0.6) is 0 Å². The largest absolute Gasteiger partial charge is 0.430 e. The number of rotatable bonds is 7. The van der Waals surface area contributed by atoms with Crippen molar-refractivity contribution in [2.24, 2.45) is 0 Å². The maximum atomic E-state index is 14.3. The third-order valence-corrected chi connectivity index (χ3v) is 10.1. The predicted molar refractivity (Wildman–Crippen MR) is 131 cm³/mol. The van der Waals surface area contributed by atoms with Crippen LogP contribution >= 0.6 is 0 Å². The van der Waals surface area contributed by atoms with E-state index in [4.69, 9.17) is 0 Å². The zero-order valence-electron chi connectivity index (χ0n) is 21.4. The molecule has 0 aromatic heterocycles. The van der Waals surface area contributed by atoms with E-state index in [2.05, 4.69) is 4.74 Å². The normalized spacial score (nSPS) is 20.5. The van der Waals surface area contributed by atoms with Crippen LogP contribution in [0.15, 0.2) is 71.6 Å². The van der Waals surface area contributed by atoms with Crippen molar-refractivity contribution in [3.63, 3.8) is 0 Å². The van der Waals surface area contributed by atoms with Gasteiger partial charge in [-0.2, -0.15) is 26.3 Å². The molecule has 0 unspecified atom stereocenters. The molecule has 3 aromatic rings. The van der Waals surface area contributed by atoms with E-state index in [-0.39, 0.29) is 36.1 Å². The zero-order valence-corrected chi connectivity index (χ0v) is 22.3. The van der Waals surface area contributed by atoms with E-state index in [0.717, 1.165) is 42.5 Å². The Morgan fingerprint density at radius 3 is 1.76 bits per heavy atom. The fourth-order valence-electron chi connectivity index (χ4n) is 5.22. The molecule has 228 valence electrons. The van der Waals surface area contributed by atoms with Crippen LogP contribution in [-0.2, 0) is 31.5 Å². The Labute approximate surface area is 234 Å². The molecule has 0 heterocycles. The molecule has 4 rings (SSSR count). The molecule has 0 radical (unpaired) electrons. The van der Waals surface area contributed by atoms with Crippen molar-refractivity contribution in [1.82, 2.24) is 0 Å². The Kier molecular flexibility index (Phi) is 8.48. The summed E-state index contributed by atoms with van der Waals surface area (Å²) in [6, 6.07) is 8.27. The molecule has 1 N–H and O–H groups in total. The van der Waals surface area contributed by atoms with Gasteiger partial charge in [0.2, 0.25) is 0 Å². The monoisotopic (exact) mass is 626 g/mol. The second-order valence-corrected chi connectivity index (χ2v) is 12.2. The van der Waals surface area contributed by atoms with Gasteiger partial charge in [-0.3, -0.25) is 0 Å². The number of sulfone groups is 1. The summed E-state index contributed by atoms with van der Waals surface area (Å²) in [6.45, 7) is -1.74. The van der Waals surface area contributed by atoms with E-state index >= 15 is 0 Å². The summed E-state index contributed by atoms with van der Waals surface area (Å²) >= 11 is 0. The number of halogens is 9. The van der Waals surface area contributed by atoms with Crippen molar-refractivity contribution in [3.05, 3.63) is 101 Å². The topological polar surface area (TPSA) is 63.6 Å². The van der Waals surface area contributed by atoms with E-state index in [1.807, 2.05) is 0 Å². The molecule has 0 bridgehead atoms. The Balaban J connectivity index is 1.84. The molecule has 1 aliphatic rings. The third kappa shape index (κ3) is 5.39. The molecule has 0 spiro atoms. The van der Waals surface area contributed by atoms with Gasteiger partial charge < -0.3 is 9.84 Å². The number of aliphatic hydroxyl groups excluding tert-OH is 1. The average Bonchev–Trinajstić information content (AvgIpc) is 2.90. The lowest BCUT2D eigenvalue weighted by Gasteiger charge is -2.40. The molecule has 4 nitrogen and oxygen atoms in total. The molecule has 0 atom stereocenters. The minimum absolute atomic E-state index is 0.0471. The minimum atomic E-state index is -6.18. The smallest absolute Gasteiger partial charge is 0.393 e. The third-order valence-electron chi connectivity index (χ3n) is 7.51. The van der Waals surface area contributed by atoms with Gasteiger partial charge in [0, 0.05) is 11.1 Å². The first kappa shape index (κ1) is 31.8. The van der Waals surface area contributed by atoms with E-state index < -0.39 is 73.8 Å². The Bertz CT molecular complexity index is 1470. The summed E-state index contributed by atoms with van der Waals surface area (Å²) in [5.74, 6) is -3.58. The first-order chi connectivity index (χ1) is 19.5. The van der Waals surface area contributed by atoms with E-state index in [1.165, 1.54) is 0 Å². The van der Waals surface area contributed by atoms with Crippen molar-refractivity contribution in [1.29, 1.82) is 0 Å². The Hall–Kier alpha value is -3.10. The highest BCUT2D eigenvalue weighted by Crippen LogP contribution is 2.54. The fraction of sp³-hybridized carbons (Fsp3) is 0.357. The number of hydrogen-bond acceptors (Lipinski definition) is 4. The highest BCUT2D eigenvalue weighted by Gasteiger charge is 2.73. The van der Waals surface area contributed by atoms with Crippen LogP contribution in [0.4, 0.5) is 39.5 Å². The van der Waals surface area contributed by atoms with E-state index in [0.29, 0.717) is 24.3 Å². The lowest BCUT2D eigenvalue weighted by molar-refractivity contribution is -0.392. The quantitative estimate of drug-likeness (QED) is 0.222. The molecular weight excluding hydrogens is 603 g/mol. The van der Waals surface area contributed by atoms with E-state index in [1.54, 1.807) is 0 Å². The summed E-state index contributed by atoms with van der Waals surface area (Å²) in [7, 11) is -4.41. The number of hydrogen-bond donors (Lipinski definition) is 1. The van der Waals surface area contributed by atoms with Crippen LogP contribution in [-0.4, -0.2) is 32.0 Å². The molecule has 1 aliphatic carbocycles. The number of alkyl halides is 6. The lowest BCUT2D eigenvalue weighted by atomic mass is 9.80. The SMILES string of the molecule is O=S(=O)(c1ccc(F)cc1)[C@]1(c2ccc(C(OCc3c(F)cccc3F)(C(F)(F)F)C(F)(F)F)cc2)CC[C@H](O)CC1. The summed E-state index contributed by atoms with van der Waals surface area (Å²) in [5, 5.41) is 10.0. The molecule has 3 aromatic carbocycles. The second kappa shape index (κ2) is 11.2. The zero-order chi connectivity index (χ0) is 31.1. The van der Waals surface area contributed by atoms with Gasteiger partial charge in [-0.1, -0.05) is 30.3 Å². The second-order valence-electron chi connectivity index (χ2n) is 9.93. The van der Waals surface area contributed by atoms with Crippen LogP contribution in [0, 0.1) is 17.5 Å². The predicted octanol–water partition coefficient (Wildman–Crippen LogP) is 7.24. The summed E-state index contributed by atoms with van der Waals surface area (Å²) in [6.07, 6.45) is -13.8. The highest BCUT2D eigenvalue weighted by molar-refractivity contribution is 7.92. The van der Waals surface area contributed by atoms with Crippen LogP contribution in [0.3, 0.4) is 0 Å². The van der Waals surface area contributed by atoms with Crippen molar-refractivity contribution < 1.29 is 57.8 Å². The van der Waals surface area contributed by atoms with Gasteiger partial charge in [0.1, 0.15) is 22.2 Å². The maximum Gasteiger partial charge on any atom is 0.430 e. The first-order valence-corrected chi connectivity index (χ1v) is 13.9. The summed E-state index contributed by atoms with van der Waals surface area (Å²) in [5.41, 5.74) is -7.87. The number of aliphatic hydroxyl groups is 1. The van der Waals surface area contributed by atoms with Crippen molar-refractivity contribution >= 4 is 9.84 Å². The van der Waals surface area contributed by atoms with Crippen molar-refractivity contribution in [2.75, 3.05) is 0 Å². The summed E-state index contributed by atoms with van der Waals surface area (Å²) in [4.78, 5) is -0.334. The van der Waals surface area contributed by atoms with Gasteiger partial charge in [0.25, 0.3) is 5.60 Å². The van der Waals surface area contributed by atoms with Gasteiger partial charge in [-0.25, -0.2) is 21.6 Å². The average molecular weight is 627 g/mol. The summed E-state index contributed by atoms with van der Waals surface area (Å²) < 4.78 is 157. The van der Waals surface area contributed by atoms with E-state index in [9.17, 15) is 53.0 Å². The Morgan fingerprint density at radius 2 is 1.29 bits per heavy atom. The molecule has 14 heteroatoms. The molecule has 0 aliphatic heterocycles. The highest BCUT2D eigenvalue weighted by atomic mass is 32.2. The minimum Gasteiger partial charge on any atom is -0.393 e. The standard InChI is InChI=1S/C28H23F9O4S/c29-19-8-10-21(11-9-19)42(39,40)25(14-12-20(38)13-15-25)17-4-6-18(7-5-17)26(27(32,33)34,28(35,36)37)41-16-22-23(30)2-1-3-24(22)31/h1-11,20,38H,12-16H2/t20-,25+. The number of ether oxygens (including phenoxy) is 1. The lowest BCUT2D eigenvalue weighted by Crippen LogP contribution is -2.56. The van der Waals surface area contributed by atoms with Crippen LogP contribution in [0.25, 0.3) is 0 Å². The number of benzene rings is 3. The van der Waals surface area contributed by atoms with Crippen LogP contribution in [0.2, 0.25) is 0 Å². The van der Waals surface area contributed by atoms with Crippen LogP contribution in [0.1, 0.15) is 42.4 Å². The van der Waals surface area contributed by atoms with Gasteiger partial charge in [0.05, 0.1) is 17.6 Å².